The van der Waals surface area contributed by atoms with Crippen LogP contribution in [0.25, 0.3) is 108 Å². The summed E-state index contributed by atoms with van der Waals surface area (Å²) in [6.07, 6.45) is 0. The minimum absolute atomic E-state index is 0.647. The topological polar surface area (TPSA) is 38.7 Å². The first kappa shape index (κ1) is 32.6. The minimum Gasteiger partial charge on any atom is -0.208 e. The molecule has 0 amide bonds. The SMILES string of the molecule is c1ccc(-c2cccc(-c3ccc(-c4nc(-c5ccc6c(c5)sc5cccc(-c7ccccc7)c56)nc(-c5cccc6sc7ccccc7c56)n4)cc3)c2)cc1. The van der Waals surface area contributed by atoms with Crippen molar-refractivity contribution in [2.45, 2.75) is 0 Å². The first-order chi connectivity index (χ1) is 27.7. The number of benzene rings is 8. The Morgan fingerprint density at radius 3 is 1.50 bits per heavy atom. The molecule has 3 aromatic heterocycles. The molecule has 0 radical (unpaired) electrons. The Morgan fingerprint density at radius 1 is 0.268 bits per heavy atom. The fraction of sp³-hybridized carbons (Fsp3) is 0. The van der Waals surface area contributed by atoms with E-state index in [1.54, 1.807) is 11.3 Å². The van der Waals surface area contributed by atoms with Crippen LogP contribution in [0.5, 0.6) is 0 Å². The molecule has 0 N–H and O–H groups in total. The Hall–Kier alpha value is -6.79. The van der Waals surface area contributed by atoms with Crippen LogP contribution in [0.3, 0.4) is 0 Å². The van der Waals surface area contributed by atoms with Gasteiger partial charge < -0.3 is 0 Å². The van der Waals surface area contributed by atoms with Crippen molar-refractivity contribution in [1.82, 2.24) is 15.0 Å². The molecule has 11 aromatic rings. The molecule has 3 heterocycles. The van der Waals surface area contributed by atoms with E-state index < -0.39 is 0 Å². The number of thiophene rings is 2. The van der Waals surface area contributed by atoms with Crippen LogP contribution in [-0.4, -0.2) is 15.0 Å². The van der Waals surface area contributed by atoms with E-state index >= 15 is 0 Å². The Bertz CT molecular complexity index is 3240. The highest BCUT2D eigenvalue weighted by atomic mass is 32.1. The average Bonchev–Trinajstić information content (AvgIpc) is 3.85. The van der Waals surface area contributed by atoms with Crippen LogP contribution in [0.4, 0.5) is 0 Å². The zero-order valence-corrected chi connectivity index (χ0v) is 31.7. The molecule has 0 unspecified atom stereocenters. The Morgan fingerprint density at radius 2 is 0.750 bits per heavy atom. The van der Waals surface area contributed by atoms with E-state index in [0.29, 0.717) is 17.5 Å². The van der Waals surface area contributed by atoms with Crippen molar-refractivity contribution in [2.24, 2.45) is 0 Å². The Balaban J connectivity index is 1.06. The lowest BCUT2D eigenvalue weighted by Crippen LogP contribution is -2.00. The maximum absolute atomic E-state index is 5.25. The van der Waals surface area contributed by atoms with Gasteiger partial charge >= 0.3 is 0 Å². The second-order valence-electron chi connectivity index (χ2n) is 14.0. The van der Waals surface area contributed by atoms with Gasteiger partial charge in [-0.2, -0.15) is 0 Å². The van der Waals surface area contributed by atoms with Crippen molar-refractivity contribution in [2.75, 3.05) is 0 Å². The average molecular weight is 750 g/mol. The van der Waals surface area contributed by atoms with E-state index in [2.05, 4.69) is 188 Å². The number of nitrogens with zero attached hydrogens (tertiary/aromatic N) is 3. The van der Waals surface area contributed by atoms with Gasteiger partial charge in [0.2, 0.25) is 0 Å². The molecular formula is C51H31N3S2. The van der Waals surface area contributed by atoms with Gasteiger partial charge in [-0.05, 0) is 63.7 Å². The standard InChI is InChI=1S/C51H31N3S2/c1-3-12-32(13-4-1)36-16-9-17-37(30-36)33-24-26-35(27-25-33)49-52-50(54-51(53-49)42-20-11-23-45-48(42)40-18-7-8-21-43(40)55-45)38-28-29-41-46(31-38)56-44-22-10-19-39(47(41)44)34-14-5-2-6-15-34/h1-31H. The van der Waals surface area contributed by atoms with Gasteiger partial charge in [0.1, 0.15) is 0 Å². The van der Waals surface area contributed by atoms with E-state index in [0.717, 1.165) is 27.8 Å². The zero-order chi connectivity index (χ0) is 37.0. The van der Waals surface area contributed by atoms with Crippen LogP contribution in [-0.2, 0) is 0 Å². The highest BCUT2D eigenvalue weighted by Crippen LogP contribution is 2.43. The molecule has 0 saturated heterocycles. The molecule has 3 nitrogen and oxygen atoms in total. The number of fused-ring (bicyclic) bond motifs is 6. The maximum Gasteiger partial charge on any atom is 0.164 e. The lowest BCUT2D eigenvalue weighted by atomic mass is 9.98. The van der Waals surface area contributed by atoms with Crippen molar-refractivity contribution >= 4 is 63.0 Å². The molecule has 8 aromatic carbocycles. The first-order valence-electron chi connectivity index (χ1n) is 18.7. The highest BCUT2D eigenvalue weighted by Gasteiger charge is 2.18. The van der Waals surface area contributed by atoms with Gasteiger partial charge in [-0.25, -0.2) is 15.0 Å². The van der Waals surface area contributed by atoms with Gasteiger partial charge in [-0.15, -0.1) is 22.7 Å². The summed E-state index contributed by atoms with van der Waals surface area (Å²) in [5, 5.41) is 4.92. The highest BCUT2D eigenvalue weighted by molar-refractivity contribution is 7.26. The van der Waals surface area contributed by atoms with E-state index in [9.17, 15) is 0 Å². The molecule has 0 saturated carbocycles. The monoisotopic (exact) mass is 749 g/mol. The summed E-state index contributed by atoms with van der Waals surface area (Å²) in [6.45, 7) is 0. The van der Waals surface area contributed by atoms with E-state index in [4.69, 9.17) is 15.0 Å². The van der Waals surface area contributed by atoms with Crippen LogP contribution in [0, 0.1) is 0 Å². The predicted octanol–water partition coefficient (Wildman–Crippen LogP) is 14.6. The zero-order valence-electron chi connectivity index (χ0n) is 30.1. The van der Waals surface area contributed by atoms with Crippen molar-refractivity contribution in [3.63, 3.8) is 0 Å². The fourth-order valence-electron chi connectivity index (χ4n) is 7.86. The third-order valence-electron chi connectivity index (χ3n) is 10.6. The second-order valence-corrected chi connectivity index (χ2v) is 16.1. The molecule has 262 valence electrons. The minimum atomic E-state index is 0.647. The number of hydrogen-bond donors (Lipinski definition) is 0. The van der Waals surface area contributed by atoms with Crippen LogP contribution in [0.2, 0.25) is 0 Å². The quantitative estimate of drug-likeness (QED) is 0.170. The van der Waals surface area contributed by atoms with Crippen molar-refractivity contribution < 1.29 is 0 Å². The summed E-state index contributed by atoms with van der Waals surface area (Å²) in [5.74, 6) is 1.97. The molecule has 0 aliphatic carbocycles. The second kappa shape index (κ2) is 13.5. The van der Waals surface area contributed by atoms with Gasteiger partial charge in [-0.3, -0.25) is 0 Å². The van der Waals surface area contributed by atoms with Gasteiger partial charge in [-0.1, -0.05) is 158 Å². The first-order valence-corrected chi connectivity index (χ1v) is 20.3. The molecule has 0 fully saturated rings. The molecular weight excluding hydrogens is 719 g/mol. The van der Waals surface area contributed by atoms with Crippen LogP contribution >= 0.6 is 22.7 Å². The van der Waals surface area contributed by atoms with Crippen molar-refractivity contribution in [3.8, 4) is 67.5 Å². The summed E-state index contributed by atoms with van der Waals surface area (Å²) in [4.78, 5) is 15.7. The van der Waals surface area contributed by atoms with Gasteiger partial charge in [0.15, 0.2) is 17.5 Å². The van der Waals surface area contributed by atoms with Gasteiger partial charge in [0, 0.05) is 57.0 Å². The molecule has 11 rings (SSSR count). The van der Waals surface area contributed by atoms with Gasteiger partial charge in [0.05, 0.1) is 0 Å². The summed E-state index contributed by atoms with van der Waals surface area (Å²) in [5.41, 5.74) is 10.1. The number of aromatic nitrogens is 3. The van der Waals surface area contributed by atoms with E-state index in [1.165, 1.54) is 62.6 Å². The summed E-state index contributed by atoms with van der Waals surface area (Å²) in [6, 6.07) is 66.8. The lowest BCUT2D eigenvalue weighted by Gasteiger charge is -2.11. The Labute approximate surface area is 331 Å². The summed E-state index contributed by atoms with van der Waals surface area (Å²) >= 11 is 3.62. The predicted molar refractivity (Wildman–Crippen MR) is 238 cm³/mol. The third kappa shape index (κ3) is 5.68. The molecule has 56 heavy (non-hydrogen) atoms. The smallest absolute Gasteiger partial charge is 0.164 e. The number of hydrogen-bond acceptors (Lipinski definition) is 5. The van der Waals surface area contributed by atoms with Crippen LogP contribution < -0.4 is 0 Å². The Kier molecular flexibility index (Phi) is 7.87. The van der Waals surface area contributed by atoms with E-state index in [1.807, 2.05) is 11.3 Å². The molecule has 0 aliphatic rings. The molecule has 0 spiro atoms. The van der Waals surface area contributed by atoms with Crippen molar-refractivity contribution in [3.05, 3.63) is 188 Å². The van der Waals surface area contributed by atoms with Crippen molar-refractivity contribution in [1.29, 1.82) is 0 Å². The molecule has 5 heteroatoms. The largest absolute Gasteiger partial charge is 0.208 e. The maximum atomic E-state index is 5.25. The van der Waals surface area contributed by atoms with Gasteiger partial charge in [0.25, 0.3) is 0 Å². The summed E-state index contributed by atoms with van der Waals surface area (Å²) in [7, 11) is 0. The molecule has 0 bridgehead atoms. The van der Waals surface area contributed by atoms with Crippen LogP contribution in [0.15, 0.2) is 188 Å². The third-order valence-corrected chi connectivity index (χ3v) is 12.8. The van der Waals surface area contributed by atoms with E-state index in [-0.39, 0.29) is 0 Å². The molecule has 0 atom stereocenters. The lowest BCUT2D eigenvalue weighted by molar-refractivity contribution is 1.08. The number of rotatable bonds is 6. The summed E-state index contributed by atoms with van der Waals surface area (Å²) < 4.78 is 4.94. The molecule has 0 aliphatic heterocycles. The normalized spacial score (nSPS) is 11.6. The van der Waals surface area contributed by atoms with Crippen LogP contribution in [0.1, 0.15) is 0 Å². The fourth-order valence-corrected chi connectivity index (χ4v) is 10.2.